The van der Waals surface area contributed by atoms with Crippen LogP contribution in [0.25, 0.3) is 0 Å². The number of hydrogen-bond acceptors (Lipinski definition) is 3. The molecule has 0 aliphatic heterocycles. The van der Waals surface area contributed by atoms with Gasteiger partial charge in [-0.3, -0.25) is 4.79 Å². The van der Waals surface area contributed by atoms with Gasteiger partial charge in [-0.05, 0) is 30.8 Å². The third-order valence-electron chi connectivity index (χ3n) is 1.94. The van der Waals surface area contributed by atoms with Crippen LogP contribution in [0, 0.1) is 0 Å². The zero-order chi connectivity index (χ0) is 13.2. The smallest absolute Gasteiger partial charge is 0.398 e. The lowest BCUT2D eigenvalue weighted by molar-refractivity contribution is -0.116. The predicted molar refractivity (Wildman–Crippen MR) is 65.1 cm³/mol. The van der Waals surface area contributed by atoms with E-state index in [1.54, 1.807) is 0 Å². The summed E-state index contributed by atoms with van der Waals surface area (Å²) in [6, 6.07) is 4.18. The first-order valence-corrected chi connectivity index (χ1v) is 6.24. The number of alkyl halides is 4. The maximum atomic E-state index is 12.3. The number of benzene rings is 1. The van der Waals surface area contributed by atoms with Gasteiger partial charge < -0.3 is 5.73 Å². The first-order chi connectivity index (χ1) is 7.72. The Labute approximate surface area is 109 Å². The van der Waals surface area contributed by atoms with Gasteiger partial charge in [0.15, 0.2) is 0 Å². The van der Waals surface area contributed by atoms with Crippen LogP contribution in [-0.4, -0.2) is 11.3 Å². The molecule has 0 aliphatic carbocycles. The summed E-state index contributed by atoms with van der Waals surface area (Å²) in [6.07, 6.45) is 0. The van der Waals surface area contributed by atoms with Crippen molar-refractivity contribution < 1.29 is 18.0 Å². The number of carbonyl (C=O) groups is 1. The second-order valence-electron chi connectivity index (χ2n) is 3.28. The fourth-order valence-corrected chi connectivity index (χ4v) is 2.65. The van der Waals surface area contributed by atoms with Crippen molar-refractivity contribution in [1.82, 2.24) is 0 Å². The summed E-state index contributed by atoms with van der Waals surface area (Å²) in [4.78, 5) is 10.3. The number of nitrogens with two attached hydrogens (primary N) is 1. The Morgan fingerprint density at radius 2 is 2.06 bits per heavy atom. The van der Waals surface area contributed by atoms with E-state index in [9.17, 15) is 18.0 Å². The molecular formula is C10H9BrF3NOS. The van der Waals surface area contributed by atoms with Gasteiger partial charge in [0.05, 0.1) is 0 Å². The van der Waals surface area contributed by atoms with Crippen LogP contribution in [0.5, 0.6) is 0 Å². The number of thioether (sulfide) groups is 1. The number of Topliss-reactive ketones (excluding diaryl/α,β-unsaturated/α-hetero) is 1. The van der Waals surface area contributed by atoms with Crippen molar-refractivity contribution in [3.05, 3.63) is 23.8 Å². The summed E-state index contributed by atoms with van der Waals surface area (Å²) >= 11 is 2.77. The Morgan fingerprint density at radius 3 is 2.53 bits per heavy atom. The molecule has 2 N–H and O–H groups in total. The second-order valence-corrected chi connectivity index (χ2v) is 5.30. The lowest BCUT2D eigenvalue weighted by Crippen LogP contribution is -2.08. The molecule has 0 aromatic heterocycles. The van der Waals surface area contributed by atoms with Gasteiger partial charge in [0, 0.05) is 16.1 Å². The minimum Gasteiger partial charge on any atom is -0.398 e. The van der Waals surface area contributed by atoms with E-state index in [1.165, 1.54) is 25.1 Å². The monoisotopic (exact) mass is 327 g/mol. The van der Waals surface area contributed by atoms with Crippen molar-refractivity contribution in [3.8, 4) is 0 Å². The van der Waals surface area contributed by atoms with Gasteiger partial charge in [-0.15, -0.1) is 0 Å². The largest absolute Gasteiger partial charge is 0.446 e. The van der Waals surface area contributed by atoms with E-state index < -0.39 is 10.3 Å². The van der Waals surface area contributed by atoms with Crippen molar-refractivity contribution >= 4 is 39.2 Å². The average molecular weight is 328 g/mol. The zero-order valence-electron chi connectivity index (χ0n) is 8.72. The van der Waals surface area contributed by atoms with Gasteiger partial charge in [-0.1, -0.05) is 22.0 Å². The minimum atomic E-state index is -4.41. The number of ketones is 1. The van der Waals surface area contributed by atoms with Crippen molar-refractivity contribution in [3.63, 3.8) is 0 Å². The van der Waals surface area contributed by atoms with Gasteiger partial charge >= 0.3 is 5.51 Å². The van der Waals surface area contributed by atoms with Crippen molar-refractivity contribution in [2.75, 3.05) is 5.73 Å². The summed E-state index contributed by atoms with van der Waals surface area (Å²) in [5, 5.41) is 0. The van der Waals surface area contributed by atoms with Crippen molar-refractivity contribution in [2.24, 2.45) is 0 Å². The number of anilines is 1. The highest BCUT2D eigenvalue weighted by Crippen LogP contribution is 2.43. The molecule has 0 spiro atoms. The maximum Gasteiger partial charge on any atom is 0.446 e. The number of rotatable bonds is 3. The Kier molecular flexibility index (Phi) is 4.48. The highest BCUT2D eigenvalue weighted by Gasteiger charge is 2.32. The quantitative estimate of drug-likeness (QED) is 0.520. The molecule has 0 bridgehead atoms. The van der Waals surface area contributed by atoms with Crippen LogP contribution in [0.2, 0.25) is 0 Å². The summed E-state index contributed by atoms with van der Waals surface area (Å²) in [5.41, 5.74) is 1.54. The van der Waals surface area contributed by atoms with Gasteiger partial charge in [0.25, 0.3) is 0 Å². The van der Waals surface area contributed by atoms with E-state index in [1.807, 2.05) is 0 Å². The van der Waals surface area contributed by atoms with Gasteiger partial charge in [-0.2, -0.15) is 13.2 Å². The van der Waals surface area contributed by atoms with Crippen LogP contribution in [-0.2, 0) is 4.79 Å². The van der Waals surface area contributed by atoms with Gasteiger partial charge in [-0.25, -0.2) is 0 Å². The standard InChI is InChI=1S/C10H9BrF3NOS/c1-5(16)9(11)8-6(15)3-2-4-7(8)17-10(12,13)14/h2-4,9H,15H2,1H3. The molecule has 94 valence electrons. The van der Waals surface area contributed by atoms with Gasteiger partial charge in [0.1, 0.15) is 10.6 Å². The summed E-state index contributed by atoms with van der Waals surface area (Å²) in [5.74, 6) is -0.299. The lowest BCUT2D eigenvalue weighted by atomic mass is 10.1. The van der Waals surface area contributed by atoms with Crippen LogP contribution in [0.1, 0.15) is 17.3 Å². The molecule has 1 rings (SSSR count). The molecule has 7 heteroatoms. The molecule has 2 nitrogen and oxygen atoms in total. The zero-order valence-corrected chi connectivity index (χ0v) is 11.1. The number of hydrogen-bond donors (Lipinski definition) is 1. The van der Waals surface area contributed by atoms with E-state index >= 15 is 0 Å². The van der Waals surface area contributed by atoms with E-state index in [0.29, 0.717) is 0 Å². The summed E-state index contributed by atoms with van der Waals surface area (Å²) in [7, 11) is 0. The molecule has 1 aromatic carbocycles. The molecule has 0 aliphatic rings. The molecule has 1 unspecified atom stereocenters. The number of nitrogen functional groups attached to an aromatic ring is 1. The van der Waals surface area contributed by atoms with E-state index in [2.05, 4.69) is 15.9 Å². The molecule has 0 radical (unpaired) electrons. The molecule has 1 atom stereocenters. The maximum absolute atomic E-state index is 12.3. The Morgan fingerprint density at radius 1 is 1.47 bits per heavy atom. The number of halogens is 4. The molecule has 0 heterocycles. The van der Waals surface area contributed by atoms with Crippen LogP contribution >= 0.6 is 27.7 Å². The highest BCUT2D eigenvalue weighted by atomic mass is 79.9. The second kappa shape index (κ2) is 5.30. The molecular weight excluding hydrogens is 319 g/mol. The third kappa shape index (κ3) is 3.92. The normalized spacial score (nSPS) is 13.5. The first kappa shape index (κ1) is 14.4. The highest BCUT2D eigenvalue weighted by molar-refractivity contribution is 9.09. The predicted octanol–water partition coefficient (Wildman–Crippen LogP) is 3.91. The molecule has 0 fully saturated rings. The molecule has 0 amide bonds. The van der Waals surface area contributed by atoms with E-state index in [-0.39, 0.29) is 33.7 Å². The average Bonchev–Trinajstić information content (AvgIpc) is 2.14. The lowest BCUT2D eigenvalue weighted by Gasteiger charge is -2.16. The first-order valence-electron chi connectivity index (χ1n) is 4.51. The summed E-state index contributed by atoms with van der Waals surface area (Å²) < 4.78 is 37.0. The minimum absolute atomic E-state index is 0.0606. The Hall–Kier alpha value is -0.690. The molecule has 0 saturated carbocycles. The summed E-state index contributed by atoms with van der Waals surface area (Å²) in [6.45, 7) is 1.29. The topological polar surface area (TPSA) is 43.1 Å². The Bertz CT molecular complexity index is 436. The van der Waals surface area contributed by atoms with Crippen molar-refractivity contribution in [2.45, 2.75) is 22.2 Å². The van der Waals surface area contributed by atoms with Crippen LogP contribution in [0.3, 0.4) is 0 Å². The number of carbonyl (C=O) groups excluding carboxylic acids is 1. The van der Waals surface area contributed by atoms with Gasteiger partial charge in [0.2, 0.25) is 0 Å². The van der Waals surface area contributed by atoms with Crippen LogP contribution in [0.15, 0.2) is 23.1 Å². The van der Waals surface area contributed by atoms with E-state index in [0.717, 1.165) is 0 Å². The fourth-order valence-electron chi connectivity index (χ4n) is 1.25. The van der Waals surface area contributed by atoms with Crippen LogP contribution < -0.4 is 5.73 Å². The Balaban J connectivity index is 3.22. The van der Waals surface area contributed by atoms with E-state index in [4.69, 9.17) is 5.73 Å². The fraction of sp³-hybridized carbons (Fsp3) is 0.300. The SMILES string of the molecule is CC(=O)C(Br)c1c(N)cccc1SC(F)(F)F. The molecule has 0 saturated heterocycles. The van der Waals surface area contributed by atoms with Crippen LogP contribution in [0.4, 0.5) is 18.9 Å². The van der Waals surface area contributed by atoms with Crippen molar-refractivity contribution in [1.29, 1.82) is 0 Å². The molecule has 17 heavy (non-hydrogen) atoms. The molecule has 1 aromatic rings. The third-order valence-corrected chi connectivity index (χ3v) is 3.85.